The predicted molar refractivity (Wildman–Crippen MR) is 97.1 cm³/mol. The Balaban J connectivity index is 1.47. The van der Waals surface area contributed by atoms with Crippen LogP contribution in [0.4, 0.5) is 0 Å². The van der Waals surface area contributed by atoms with E-state index in [2.05, 4.69) is 0 Å². The summed E-state index contributed by atoms with van der Waals surface area (Å²) in [6.07, 6.45) is 4.40. The fourth-order valence-corrected chi connectivity index (χ4v) is 3.70. The van der Waals surface area contributed by atoms with Crippen LogP contribution in [0.25, 0.3) is 0 Å². The van der Waals surface area contributed by atoms with Gasteiger partial charge in [0.1, 0.15) is 0 Å². The van der Waals surface area contributed by atoms with E-state index in [1.807, 2.05) is 42.2 Å². The number of benzene rings is 1. The third-order valence-electron chi connectivity index (χ3n) is 5.42. The number of piperidine rings is 1. The van der Waals surface area contributed by atoms with Crippen LogP contribution in [0.15, 0.2) is 30.3 Å². The molecule has 5 nitrogen and oxygen atoms in total. The SMILES string of the molecule is C[C@H](C(=O)N1CCC(OC2CCOCC2)CC1)[C@@H](N)c1ccccc1. The molecule has 2 atom stereocenters. The molecule has 1 aromatic rings. The van der Waals surface area contributed by atoms with Gasteiger partial charge in [-0.1, -0.05) is 37.3 Å². The molecule has 0 aromatic heterocycles. The molecule has 2 aliphatic rings. The van der Waals surface area contributed by atoms with Crippen LogP contribution in [0.2, 0.25) is 0 Å². The summed E-state index contributed by atoms with van der Waals surface area (Å²) in [5.74, 6) is -0.0590. The van der Waals surface area contributed by atoms with Gasteiger partial charge in [-0.15, -0.1) is 0 Å². The van der Waals surface area contributed by atoms with Crippen molar-refractivity contribution in [3.8, 4) is 0 Å². The summed E-state index contributed by atoms with van der Waals surface area (Å²) < 4.78 is 11.6. The zero-order valence-corrected chi connectivity index (χ0v) is 15.1. The first kappa shape index (κ1) is 18.4. The predicted octanol–water partition coefficient (Wildman–Crippen LogP) is 2.51. The Morgan fingerprint density at radius 3 is 2.36 bits per heavy atom. The fourth-order valence-electron chi connectivity index (χ4n) is 3.70. The van der Waals surface area contributed by atoms with Gasteiger partial charge in [0.25, 0.3) is 0 Å². The average Bonchev–Trinajstić information content (AvgIpc) is 2.68. The Morgan fingerprint density at radius 1 is 1.12 bits per heavy atom. The van der Waals surface area contributed by atoms with Crippen LogP contribution >= 0.6 is 0 Å². The molecule has 0 saturated carbocycles. The molecule has 1 aromatic carbocycles. The number of ether oxygens (including phenoxy) is 2. The lowest BCUT2D eigenvalue weighted by atomic mass is 9.93. The number of nitrogens with zero attached hydrogens (tertiary/aromatic N) is 1. The minimum atomic E-state index is -0.259. The minimum absolute atomic E-state index is 0.154. The largest absolute Gasteiger partial charge is 0.381 e. The number of rotatable bonds is 5. The first-order valence-corrected chi connectivity index (χ1v) is 9.47. The maximum Gasteiger partial charge on any atom is 0.227 e. The average molecular weight is 346 g/mol. The molecule has 1 amide bonds. The number of nitrogens with two attached hydrogens (primary N) is 1. The van der Waals surface area contributed by atoms with Gasteiger partial charge in [0.15, 0.2) is 0 Å². The Hall–Kier alpha value is -1.43. The van der Waals surface area contributed by atoms with Gasteiger partial charge in [0, 0.05) is 32.3 Å². The molecular weight excluding hydrogens is 316 g/mol. The lowest BCUT2D eigenvalue weighted by Crippen LogP contribution is -2.46. The highest BCUT2D eigenvalue weighted by atomic mass is 16.5. The van der Waals surface area contributed by atoms with Gasteiger partial charge in [-0.2, -0.15) is 0 Å². The molecule has 2 fully saturated rings. The Bertz CT molecular complexity index is 537. The van der Waals surface area contributed by atoms with Crippen molar-refractivity contribution in [1.29, 1.82) is 0 Å². The molecule has 0 aliphatic carbocycles. The quantitative estimate of drug-likeness (QED) is 0.890. The highest BCUT2D eigenvalue weighted by Crippen LogP contribution is 2.24. The lowest BCUT2D eigenvalue weighted by Gasteiger charge is -2.36. The Kier molecular flexibility index (Phi) is 6.45. The molecule has 2 aliphatic heterocycles. The molecule has 0 bridgehead atoms. The normalized spacial score (nSPS) is 22.6. The third-order valence-corrected chi connectivity index (χ3v) is 5.42. The summed E-state index contributed by atoms with van der Waals surface area (Å²) in [4.78, 5) is 14.8. The fraction of sp³-hybridized carbons (Fsp3) is 0.650. The van der Waals surface area contributed by atoms with Crippen LogP contribution in [0.5, 0.6) is 0 Å². The van der Waals surface area contributed by atoms with E-state index in [4.69, 9.17) is 15.2 Å². The van der Waals surface area contributed by atoms with Crippen molar-refractivity contribution in [3.63, 3.8) is 0 Å². The number of amides is 1. The van der Waals surface area contributed by atoms with Gasteiger partial charge in [-0.3, -0.25) is 4.79 Å². The van der Waals surface area contributed by atoms with Crippen molar-refractivity contribution < 1.29 is 14.3 Å². The van der Waals surface area contributed by atoms with Crippen LogP contribution in [0.3, 0.4) is 0 Å². The van der Waals surface area contributed by atoms with Crippen molar-refractivity contribution >= 4 is 5.91 Å². The molecule has 2 heterocycles. The summed E-state index contributed by atoms with van der Waals surface area (Å²) in [5.41, 5.74) is 7.33. The standard InChI is InChI=1S/C20H30N2O3/c1-15(19(21)16-5-3-2-4-6-16)20(23)22-11-7-17(8-12-22)25-18-9-13-24-14-10-18/h2-6,15,17-19H,7-14,21H2,1H3/t15-,19+/m0/s1. The third kappa shape index (κ3) is 4.81. The summed E-state index contributed by atoms with van der Waals surface area (Å²) in [5, 5.41) is 0. The topological polar surface area (TPSA) is 64.8 Å². The lowest BCUT2D eigenvalue weighted by molar-refractivity contribution is -0.140. The van der Waals surface area contributed by atoms with Gasteiger partial charge in [-0.05, 0) is 31.2 Å². The second-order valence-electron chi connectivity index (χ2n) is 7.20. The maximum absolute atomic E-state index is 12.8. The van der Waals surface area contributed by atoms with Crippen molar-refractivity contribution in [2.75, 3.05) is 26.3 Å². The van der Waals surface area contributed by atoms with Crippen LogP contribution in [-0.2, 0) is 14.3 Å². The van der Waals surface area contributed by atoms with Crippen LogP contribution in [0.1, 0.15) is 44.2 Å². The van der Waals surface area contributed by atoms with Crippen LogP contribution in [0, 0.1) is 5.92 Å². The van der Waals surface area contributed by atoms with Gasteiger partial charge in [0.05, 0.1) is 18.1 Å². The first-order chi connectivity index (χ1) is 12.1. The zero-order valence-electron chi connectivity index (χ0n) is 15.1. The van der Waals surface area contributed by atoms with Gasteiger partial charge < -0.3 is 20.1 Å². The summed E-state index contributed by atoms with van der Waals surface area (Å²) in [6.45, 7) is 5.07. The molecule has 3 rings (SSSR count). The minimum Gasteiger partial charge on any atom is -0.381 e. The zero-order chi connectivity index (χ0) is 17.6. The molecular formula is C20H30N2O3. The van der Waals surface area contributed by atoms with E-state index >= 15 is 0 Å². The maximum atomic E-state index is 12.8. The van der Waals surface area contributed by atoms with E-state index < -0.39 is 0 Å². The summed E-state index contributed by atoms with van der Waals surface area (Å²) in [7, 11) is 0. The van der Waals surface area contributed by atoms with Gasteiger partial charge in [0.2, 0.25) is 5.91 Å². The molecule has 2 saturated heterocycles. The number of carbonyl (C=O) groups excluding carboxylic acids is 1. The Labute approximate surface area is 150 Å². The van der Waals surface area contributed by atoms with Crippen molar-refractivity contribution in [2.45, 2.75) is 50.9 Å². The number of likely N-dealkylation sites (tertiary alicyclic amines) is 1. The summed E-state index contributed by atoms with van der Waals surface area (Å²) in [6, 6.07) is 9.61. The van der Waals surface area contributed by atoms with Crippen LogP contribution < -0.4 is 5.73 Å². The van der Waals surface area contributed by atoms with Crippen LogP contribution in [-0.4, -0.2) is 49.3 Å². The van der Waals surface area contributed by atoms with Crippen molar-refractivity contribution in [2.24, 2.45) is 11.7 Å². The van der Waals surface area contributed by atoms with E-state index in [9.17, 15) is 4.79 Å². The van der Waals surface area contributed by atoms with E-state index in [0.717, 1.165) is 57.6 Å². The van der Waals surface area contributed by atoms with E-state index in [-0.39, 0.29) is 24.0 Å². The molecule has 5 heteroatoms. The monoisotopic (exact) mass is 346 g/mol. The van der Waals surface area contributed by atoms with E-state index in [0.29, 0.717) is 6.10 Å². The van der Waals surface area contributed by atoms with Crippen molar-refractivity contribution in [1.82, 2.24) is 4.90 Å². The second-order valence-corrected chi connectivity index (χ2v) is 7.20. The van der Waals surface area contributed by atoms with Gasteiger partial charge in [-0.25, -0.2) is 0 Å². The highest BCUT2D eigenvalue weighted by molar-refractivity contribution is 5.79. The van der Waals surface area contributed by atoms with Crippen molar-refractivity contribution in [3.05, 3.63) is 35.9 Å². The second kappa shape index (κ2) is 8.79. The van der Waals surface area contributed by atoms with E-state index in [1.54, 1.807) is 0 Å². The highest BCUT2D eigenvalue weighted by Gasteiger charge is 2.31. The smallest absolute Gasteiger partial charge is 0.227 e. The molecule has 0 spiro atoms. The summed E-state index contributed by atoms with van der Waals surface area (Å²) >= 11 is 0. The molecule has 0 radical (unpaired) electrons. The Morgan fingerprint density at radius 2 is 1.72 bits per heavy atom. The molecule has 138 valence electrons. The molecule has 0 unspecified atom stereocenters. The molecule has 25 heavy (non-hydrogen) atoms. The first-order valence-electron chi connectivity index (χ1n) is 9.47. The molecule has 2 N–H and O–H groups in total. The van der Waals surface area contributed by atoms with E-state index in [1.165, 1.54) is 0 Å². The number of hydrogen-bond donors (Lipinski definition) is 1. The number of carbonyl (C=O) groups is 1. The van der Waals surface area contributed by atoms with Gasteiger partial charge >= 0.3 is 0 Å². The number of hydrogen-bond acceptors (Lipinski definition) is 4.